The van der Waals surface area contributed by atoms with Crippen LogP contribution in [0.25, 0.3) is 10.2 Å². The lowest BCUT2D eigenvalue weighted by Crippen LogP contribution is -2.07. The lowest BCUT2D eigenvalue weighted by atomic mass is 10.2. The molecule has 0 saturated heterocycles. The highest BCUT2D eigenvalue weighted by Gasteiger charge is 2.11. The lowest BCUT2D eigenvalue weighted by Gasteiger charge is -2.09. The predicted octanol–water partition coefficient (Wildman–Crippen LogP) is 3.08. The summed E-state index contributed by atoms with van der Waals surface area (Å²) in [4.78, 5) is 11.0. The number of hydrogen-bond acceptors (Lipinski definition) is 5. The minimum Gasteiger partial charge on any atom is -0.477 e. The van der Waals surface area contributed by atoms with Crippen LogP contribution in [0.15, 0.2) is 6.07 Å². The predicted molar refractivity (Wildman–Crippen MR) is 72.0 cm³/mol. The molecule has 0 amide bonds. The van der Waals surface area contributed by atoms with E-state index in [9.17, 15) is 0 Å². The summed E-state index contributed by atoms with van der Waals surface area (Å²) in [7, 11) is 1.81. The van der Waals surface area contributed by atoms with Crippen molar-refractivity contribution in [3.63, 3.8) is 0 Å². The molecule has 0 aliphatic heterocycles. The number of ether oxygens (including phenoxy) is 1. The smallest absolute Gasteiger partial charge is 0.227 e. The van der Waals surface area contributed by atoms with Crippen LogP contribution < -0.4 is 10.1 Å². The average Bonchev–Trinajstić information content (AvgIpc) is 2.65. The second-order valence-electron chi connectivity index (χ2n) is 4.38. The quantitative estimate of drug-likeness (QED) is 0.907. The van der Waals surface area contributed by atoms with Gasteiger partial charge in [-0.15, -0.1) is 11.3 Å². The first-order valence-electron chi connectivity index (χ1n) is 5.69. The summed E-state index contributed by atoms with van der Waals surface area (Å²) in [6.07, 6.45) is 0. The van der Waals surface area contributed by atoms with Gasteiger partial charge in [-0.3, -0.25) is 0 Å². The Morgan fingerprint density at radius 1 is 1.41 bits per heavy atom. The first kappa shape index (κ1) is 12.1. The molecule has 0 fully saturated rings. The van der Waals surface area contributed by atoms with Crippen molar-refractivity contribution in [2.45, 2.75) is 20.8 Å². The molecule has 0 aliphatic carbocycles. The monoisotopic (exact) mass is 251 g/mol. The Kier molecular flexibility index (Phi) is 3.47. The number of aryl methyl sites for hydroxylation is 1. The molecular formula is C12H17N3OS. The van der Waals surface area contributed by atoms with Gasteiger partial charge in [0.2, 0.25) is 11.8 Å². The van der Waals surface area contributed by atoms with E-state index in [2.05, 4.69) is 42.1 Å². The highest BCUT2D eigenvalue weighted by molar-refractivity contribution is 7.18. The SMILES string of the molecule is CNc1nc(OCC(C)C)c2cc(C)sc2n1. The van der Waals surface area contributed by atoms with Gasteiger partial charge in [0.1, 0.15) is 4.83 Å². The van der Waals surface area contributed by atoms with Gasteiger partial charge in [0.05, 0.1) is 12.0 Å². The highest BCUT2D eigenvalue weighted by atomic mass is 32.1. The van der Waals surface area contributed by atoms with Gasteiger partial charge in [-0.25, -0.2) is 4.98 Å². The highest BCUT2D eigenvalue weighted by Crippen LogP contribution is 2.31. The molecule has 0 saturated carbocycles. The van der Waals surface area contributed by atoms with Crippen molar-refractivity contribution in [2.24, 2.45) is 5.92 Å². The van der Waals surface area contributed by atoms with Crippen molar-refractivity contribution in [1.29, 1.82) is 0 Å². The van der Waals surface area contributed by atoms with Crippen molar-refractivity contribution in [3.8, 4) is 5.88 Å². The van der Waals surface area contributed by atoms with E-state index in [0.717, 1.165) is 10.2 Å². The molecule has 0 unspecified atom stereocenters. The van der Waals surface area contributed by atoms with Gasteiger partial charge >= 0.3 is 0 Å². The Bertz CT molecular complexity index is 522. The van der Waals surface area contributed by atoms with E-state index >= 15 is 0 Å². The largest absolute Gasteiger partial charge is 0.477 e. The van der Waals surface area contributed by atoms with E-state index < -0.39 is 0 Å². The molecule has 2 rings (SSSR count). The molecule has 92 valence electrons. The van der Waals surface area contributed by atoms with E-state index in [1.807, 2.05) is 7.05 Å². The number of fused-ring (bicyclic) bond motifs is 1. The van der Waals surface area contributed by atoms with Crippen molar-refractivity contribution in [3.05, 3.63) is 10.9 Å². The number of nitrogens with zero attached hydrogens (tertiary/aromatic N) is 2. The Balaban J connectivity index is 2.43. The molecule has 1 N–H and O–H groups in total. The van der Waals surface area contributed by atoms with Crippen LogP contribution in [-0.2, 0) is 0 Å². The molecule has 2 aromatic rings. The van der Waals surface area contributed by atoms with Crippen LogP contribution in [0.2, 0.25) is 0 Å². The molecule has 2 aromatic heterocycles. The van der Waals surface area contributed by atoms with Gasteiger partial charge < -0.3 is 10.1 Å². The van der Waals surface area contributed by atoms with Gasteiger partial charge in [-0.05, 0) is 18.9 Å². The van der Waals surface area contributed by atoms with E-state index in [-0.39, 0.29) is 0 Å². The number of aromatic nitrogens is 2. The first-order chi connectivity index (χ1) is 8.10. The normalized spacial score (nSPS) is 11.1. The number of nitrogens with one attached hydrogen (secondary N) is 1. The third kappa shape index (κ3) is 2.66. The maximum atomic E-state index is 5.75. The molecule has 17 heavy (non-hydrogen) atoms. The molecule has 0 aromatic carbocycles. The summed E-state index contributed by atoms with van der Waals surface area (Å²) >= 11 is 1.66. The van der Waals surface area contributed by atoms with Crippen molar-refractivity contribution in [1.82, 2.24) is 9.97 Å². The van der Waals surface area contributed by atoms with E-state index in [1.165, 1.54) is 4.88 Å². The third-order valence-corrected chi connectivity index (χ3v) is 3.20. The molecule has 0 aliphatic rings. The van der Waals surface area contributed by atoms with Gasteiger partial charge in [0.25, 0.3) is 0 Å². The third-order valence-electron chi connectivity index (χ3n) is 2.26. The Morgan fingerprint density at radius 2 is 2.18 bits per heavy atom. The topological polar surface area (TPSA) is 47.0 Å². The zero-order valence-electron chi connectivity index (χ0n) is 10.6. The second kappa shape index (κ2) is 4.87. The van der Waals surface area contributed by atoms with Gasteiger partial charge in [0, 0.05) is 11.9 Å². The number of rotatable bonds is 4. The molecule has 5 heteroatoms. The van der Waals surface area contributed by atoms with Crippen LogP contribution in [0.5, 0.6) is 5.88 Å². The van der Waals surface area contributed by atoms with Crippen LogP contribution >= 0.6 is 11.3 Å². The maximum absolute atomic E-state index is 5.75. The number of anilines is 1. The van der Waals surface area contributed by atoms with Crippen molar-refractivity contribution in [2.75, 3.05) is 19.0 Å². The molecule has 2 heterocycles. The van der Waals surface area contributed by atoms with Crippen LogP contribution in [0.3, 0.4) is 0 Å². The summed E-state index contributed by atoms with van der Waals surface area (Å²) in [6, 6.07) is 2.08. The minimum absolute atomic E-state index is 0.484. The van der Waals surface area contributed by atoms with Crippen LogP contribution in [0.1, 0.15) is 18.7 Å². The van der Waals surface area contributed by atoms with E-state index in [0.29, 0.717) is 24.4 Å². The summed E-state index contributed by atoms with van der Waals surface area (Å²) in [5, 5.41) is 3.97. The summed E-state index contributed by atoms with van der Waals surface area (Å²) in [6.45, 7) is 6.98. The standard InChI is InChI=1S/C12H17N3OS/c1-7(2)6-16-10-9-5-8(3)17-11(9)15-12(13-4)14-10/h5,7H,6H2,1-4H3,(H,13,14,15). The first-order valence-corrected chi connectivity index (χ1v) is 6.50. The molecule has 0 radical (unpaired) electrons. The molecule has 0 bridgehead atoms. The lowest BCUT2D eigenvalue weighted by molar-refractivity contribution is 0.265. The molecular weight excluding hydrogens is 234 g/mol. The fraction of sp³-hybridized carbons (Fsp3) is 0.500. The van der Waals surface area contributed by atoms with Gasteiger partial charge in [0.15, 0.2) is 0 Å². The fourth-order valence-electron chi connectivity index (χ4n) is 1.48. The van der Waals surface area contributed by atoms with Crippen molar-refractivity contribution >= 4 is 27.5 Å². The summed E-state index contributed by atoms with van der Waals surface area (Å²) in [5.41, 5.74) is 0. The molecule has 0 atom stereocenters. The Labute approximate surface area is 105 Å². The molecule has 4 nitrogen and oxygen atoms in total. The Hall–Kier alpha value is -1.36. The van der Waals surface area contributed by atoms with Gasteiger partial charge in [-0.2, -0.15) is 4.98 Å². The van der Waals surface area contributed by atoms with Crippen molar-refractivity contribution < 1.29 is 4.74 Å². The summed E-state index contributed by atoms with van der Waals surface area (Å²) in [5.74, 6) is 1.77. The second-order valence-corrected chi connectivity index (χ2v) is 5.62. The number of thiophene rings is 1. The van der Waals surface area contributed by atoms with Crippen LogP contribution in [0, 0.1) is 12.8 Å². The zero-order chi connectivity index (χ0) is 12.4. The van der Waals surface area contributed by atoms with Crippen LogP contribution in [0.4, 0.5) is 5.95 Å². The minimum atomic E-state index is 0.484. The Morgan fingerprint density at radius 3 is 2.82 bits per heavy atom. The van der Waals surface area contributed by atoms with E-state index in [4.69, 9.17) is 4.74 Å². The average molecular weight is 251 g/mol. The van der Waals surface area contributed by atoms with Crippen LogP contribution in [-0.4, -0.2) is 23.6 Å². The van der Waals surface area contributed by atoms with Gasteiger partial charge in [-0.1, -0.05) is 13.8 Å². The summed E-state index contributed by atoms with van der Waals surface area (Å²) < 4.78 is 5.75. The zero-order valence-corrected chi connectivity index (χ0v) is 11.4. The molecule has 0 spiro atoms. The number of hydrogen-bond donors (Lipinski definition) is 1. The van der Waals surface area contributed by atoms with E-state index in [1.54, 1.807) is 11.3 Å². The fourth-order valence-corrected chi connectivity index (χ4v) is 2.35. The maximum Gasteiger partial charge on any atom is 0.227 e.